The first-order chi connectivity index (χ1) is 9.83. The molecule has 108 valence electrons. The first-order valence-corrected chi connectivity index (χ1v) is 7.12. The monoisotopic (exact) mass is 319 g/mol. The number of hydrogen-bond donors (Lipinski definition) is 2. The molecular weight excluding hydrogens is 305 g/mol. The number of halogens is 2. The Labute approximate surface area is 134 Å². The first-order valence-electron chi connectivity index (χ1n) is 6.37. The predicted molar refractivity (Wildman–Crippen MR) is 89.2 cm³/mol. The number of nitrogen functional groups attached to an aromatic ring is 1. The maximum absolute atomic E-state index is 9.14. The molecule has 2 rings (SSSR count). The summed E-state index contributed by atoms with van der Waals surface area (Å²) in [5.74, 6) is 0. The molecule has 0 aromatic heterocycles. The van der Waals surface area contributed by atoms with Gasteiger partial charge in [0.2, 0.25) is 0 Å². The van der Waals surface area contributed by atoms with Crippen molar-refractivity contribution in [3.63, 3.8) is 0 Å². The molecule has 0 fully saturated rings. The largest absolute Gasteiger partial charge is 0.397 e. The zero-order valence-corrected chi connectivity index (χ0v) is 13.3. The molecule has 0 aliphatic heterocycles. The lowest BCUT2D eigenvalue weighted by Gasteiger charge is -2.17. The molecule has 0 amide bonds. The van der Waals surface area contributed by atoms with Gasteiger partial charge in [0.25, 0.3) is 0 Å². The van der Waals surface area contributed by atoms with Gasteiger partial charge in [-0.3, -0.25) is 0 Å². The van der Waals surface area contributed by atoms with E-state index in [-0.39, 0.29) is 0 Å². The van der Waals surface area contributed by atoms with E-state index >= 15 is 0 Å². The highest BCUT2D eigenvalue weighted by molar-refractivity contribution is 6.42. The van der Waals surface area contributed by atoms with Crippen molar-refractivity contribution in [2.24, 2.45) is 0 Å². The number of anilines is 3. The van der Waals surface area contributed by atoms with Crippen LogP contribution in [0.4, 0.5) is 17.1 Å². The summed E-state index contributed by atoms with van der Waals surface area (Å²) in [6.07, 6.45) is 0. The summed E-state index contributed by atoms with van der Waals surface area (Å²) in [6, 6.07) is 13.2. The van der Waals surface area contributed by atoms with E-state index in [4.69, 9.17) is 34.2 Å². The van der Waals surface area contributed by atoms with Crippen LogP contribution in [0.2, 0.25) is 10.0 Å². The van der Waals surface area contributed by atoms with E-state index in [1.807, 2.05) is 38.1 Å². The van der Waals surface area contributed by atoms with Gasteiger partial charge in [-0.05, 0) is 43.7 Å². The van der Waals surface area contributed by atoms with Crippen LogP contribution in [0.3, 0.4) is 0 Å². The Balaban J connectivity index is 2.26. The second kappa shape index (κ2) is 5.85. The Kier molecular flexibility index (Phi) is 4.32. The summed E-state index contributed by atoms with van der Waals surface area (Å²) >= 11 is 11.9. The number of nitrogens with two attached hydrogens (primary N) is 1. The first kappa shape index (κ1) is 15.5. The molecule has 0 saturated heterocycles. The molecule has 2 aromatic carbocycles. The third-order valence-electron chi connectivity index (χ3n) is 3.26. The van der Waals surface area contributed by atoms with Gasteiger partial charge >= 0.3 is 0 Å². The Hall–Kier alpha value is -1.89. The van der Waals surface area contributed by atoms with Crippen LogP contribution >= 0.6 is 23.2 Å². The topological polar surface area (TPSA) is 61.8 Å². The summed E-state index contributed by atoms with van der Waals surface area (Å²) in [4.78, 5) is 0. The number of rotatable bonds is 3. The molecule has 0 saturated carbocycles. The summed E-state index contributed by atoms with van der Waals surface area (Å²) in [5, 5.41) is 13.2. The molecule has 0 atom stereocenters. The van der Waals surface area contributed by atoms with Gasteiger partial charge < -0.3 is 11.1 Å². The minimum atomic E-state index is -0.513. The van der Waals surface area contributed by atoms with Gasteiger partial charge in [-0.2, -0.15) is 5.26 Å². The Morgan fingerprint density at radius 1 is 1.10 bits per heavy atom. The summed E-state index contributed by atoms with van der Waals surface area (Å²) < 4.78 is 0. The molecule has 0 aliphatic carbocycles. The molecule has 5 heteroatoms. The molecule has 0 aliphatic rings. The van der Waals surface area contributed by atoms with Gasteiger partial charge in [-0.15, -0.1) is 0 Å². The van der Waals surface area contributed by atoms with Crippen molar-refractivity contribution < 1.29 is 0 Å². The van der Waals surface area contributed by atoms with Gasteiger partial charge in [0.05, 0.1) is 32.9 Å². The van der Waals surface area contributed by atoms with Crippen molar-refractivity contribution in [3.05, 3.63) is 52.0 Å². The van der Waals surface area contributed by atoms with Gasteiger partial charge in [0.15, 0.2) is 0 Å². The van der Waals surface area contributed by atoms with Crippen LogP contribution in [-0.4, -0.2) is 0 Å². The van der Waals surface area contributed by atoms with Crippen molar-refractivity contribution in [1.82, 2.24) is 0 Å². The number of nitriles is 1. The molecule has 0 radical (unpaired) electrons. The van der Waals surface area contributed by atoms with E-state index in [2.05, 4.69) is 11.4 Å². The van der Waals surface area contributed by atoms with Gasteiger partial charge in [-0.25, -0.2) is 0 Å². The molecule has 21 heavy (non-hydrogen) atoms. The number of hydrogen-bond acceptors (Lipinski definition) is 3. The zero-order chi connectivity index (χ0) is 15.6. The molecule has 0 unspecified atom stereocenters. The highest BCUT2D eigenvalue weighted by Gasteiger charge is 2.19. The molecule has 3 nitrogen and oxygen atoms in total. The molecule has 3 N–H and O–H groups in total. The zero-order valence-electron chi connectivity index (χ0n) is 11.7. The molecule has 0 spiro atoms. The number of nitrogens with zero attached hydrogens (tertiary/aromatic N) is 1. The van der Waals surface area contributed by atoms with E-state index in [9.17, 15) is 0 Å². The predicted octanol–water partition coefficient (Wildman–Crippen LogP) is 5.12. The normalized spacial score (nSPS) is 11.0. The Bertz CT molecular complexity index is 701. The molecule has 0 bridgehead atoms. The fourth-order valence-electron chi connectivity index (χ4n) is 1.86. The average Bonchev–Trinajstić information content (AvgIpc) is 2.45. The van der Waals surface area contributed by atoms with Crippen LogP contribution in [0.25, 0.3) is 0 Å². The van der Waals surface area contributed by atoms with Crippen LogP contribution in [-0.2, 0) is 5.41 Å². The van der Waals surface area contributed by atoms with Crippen molar-refractivity contribution >= 4 is 40.3 Å². The van der Waals surface area contributed by atoms with Crippen LogP contribution in [0.15, 0.2) is 36.4 Å². The van der Waals surface area contributed by atoms with Crippen LogP contribution in [0.5, 0.6) is 0 Å². The standard InChI is InChI=1S/C16H15Cl2N3/c1-16(2,9-19)10-3-5-11(6-4-10)21-15-8-13(18)12(17)7-14(15)20/h3-8,21H,20H2,1-2H3. The highest BCUT2D eigenvalue weighted by atomic mass is 35.5. The minimum absolute atomic E-state index is 0.422. The lowest BCUT2D eigenvalue weighted by molar-refractivity contribution is 0.687. The quantitative estimate of drug-likeness (QED) is 0.772. The Morgan fingerprint density at radius 2 is 1.67 bits per heavy atom. The SMILES string of the molecule is CC(C)(C#N)c1ccc(Nc2cc(Cl)c(Cl)cc2N)cc1. The summed E-state index contributed by atoms with van der Waals surface area (Å²) in [5.41, 5.74) is 8.42. The lowest BCUT2D eigenvalue weighted by atomic mass is 9.86. The maximum Gasteiger partial charge on any atom is 0.0766 e. The fourth-order valence-corrected chi connectivity index (χ4v) is 2.20. The van der Waals surface area contributed by atoms with E-state index in [1.165, 1.54) is 0 Å². The fraction of sp³-hybridized carbons (Fsp3) is 0.188. The van der Waals surface area contributed by atoms with Gasteiger partial charge in [-0.1, -0.05) is 35.3 Å². The van der Waals surface area contributed by atoms with Crippen molar-refractivity contribution in [1.29, 1.82) is 5.26 Å². The van der Waals surface area contributed by atoms with Crippen molar-refractivity contribution in [2.45, 2.75) is 19.3 Å². The second-order valence-corrected chi connectivity index (χ2v) is 6.11. The third-order valence-corrected chi connectivity index (χ3v) is 3.98. The molecular formula is C16H15Cl2N3. The minimum Gasteiger partial charge on any atom is -0.397 e. The van der Waals surface area contributed by atoms with Gasteiger partial charge in [0.1, 0.15) is 0 Å². The third kappa shape index (κ3) is 3.41. The summed E-state index contributed by atoms with van der Waals surface area (Å²) in [6.45, 7) is 3.76. The second-order valence-electron chi connectivity index (χ2n) is 5.29. The Morgan fingerprint density at radius 3 is 2.24 bits per heavy atom. The molecule has 0 heterocycles. The van der Waals surface area contributed by atoms with E-state index in [1.54, 1.807) is 12.1 Å². The number of nitrogens with one attached hydrogen (secondary N) is 1. The van der Waals surface area contributed by atoms with Gasteiger partial charge in [0, 0.05) is 5.69 Å². The van der Waals surface area contributed by atoms with Crippen molar-refractivity contribution in [3.8, 4) is 6.07 Å². The van der Waals surface area contributed by atoms with Crippen molar-refractivity contribution in [2.75, 3.05) is 11.1 Å². The number of benzene rings is 2. The highest BCUT2D eigenvalue weighted by Crippen LogP contribution is 2.33. The van der Waals surface area contributed by atoms with E-state index < -0.39 is 5.41 Å². The smallest absolute Gasteiger partial charge is 0.0766 e. The van der Waals surface area contributed by atoms with E-state index in [0.717, 1.165) is 11.3 Å². The molecule has 2 aromatic rings. The van der Waals surface area contributed by atoms with Crippen LogP contribution in [0.1, 0.15) is 19.4 Å². The lowest BCUT2D eigenvalue weighted by Crippen LogP contribution is -2.13. The maximum atomic E-state index is 9.14. The summed E-state index contributed by atoms with van der Waals surface area (Å²) in [7, 11) is 0. The average molecular weight is 320 g/mol. The van der Waals surface area contributed by atoms with E-state index in [0.29, 0.717) is 21.4 Å². The van der Waals surface area contributed by atoms with Crippen LogP contribution in [0, 0.1) is 11.3 Å². The van der Waals surface area contributed by atoms with Crippen LogP contribution < -0.4 is 11.1 Å².